The van der Waals surface area contributed by atoms with Crippen LogP contribution < -0.4 is 16.0 Å². The predicted molar refractivity (Wildman–Crippen MR) is 132 cm³/mol. The van der Waals surface area contributed by atoms with E-state index < -0.39 is 11.8 Å². The van der Waals surface area contributed by atoms with Gasteiger partial charge in [-0.2, -0.15) is 0 Å². The Morgan fingerprint density at radius 3 is 2.22 bits per heavy atom. The van der Waals surface area contributed by atoms with E-state index in [1.807, 2.05) is 0 Å². The highest BCUT2D eigenvalue weighted by atomic mass is 35.5. The second-order valence-corrected chi connectivity index (χ2v) is 8.17. The average Bonchev–Trinajstić information content (AvgIpc) is 3.39. The summed E-state index contributed by atoms with van der Waals surface area (Å²) >= 11 is 6.05. The van der Waals surface area contributed by atoms with Crippen molar-refractivity contribution in [2.75, 3.05) is 43.5 Å². The first kappa shape index (κ1) is 24.9. The number of aromatic nitrogens is 2. The zero-order valence-electron chi connectivity index (χ0n) is 19.0. The lowest BCUT2D eigenvalue weighted by Gasteiger charge is -2.26. The number of nitrogens with zero attached hydrogens (tertiary/aromatic N) is 2. The fourth-order valence-corrected chi connectivity index (χ4v) is 3.70. The quantitative estimate of drug-likeness (QED) is 0.383. The number of carbonyl (C=O) groups excluding carboxylic acids is 4. The zero-order chi connectivity index (χ0) is 25.5. The van der Waals surface area contributed by atoms with Crippen LogP contribution in [0.2, 0.25) is 5.02 Å². The highest BCUT2D eigenvalue weighted by molar-refractivity contribution is 6.34. The van der Waals surface area contributed by atoms with Gasteiger partial charge in [0, 0.05) is 24.5 Å². The summed E-state index contributed by atoms with van der Waals surface area (Å²) in [5.74, 6) is -1.85. The van der Waals surface area contributed by atoms with Gasteiger partial charge in [-0.3, -0.25) is 19.2 Å². The van der Waals surface area contributed by atoms with Crippen LogP contribution >= 0.6 is 11.6 Å². The van der Waals surface area contributed by atoms with Gasteiger partial charge >= 0.3 is 0 Å². The Kier molecular flexibility index (Phi) is 7.93. The number of rotatable bonds is 7. The molecule has 0 atom stereocenters. The molecule has 1 aliphatic heterocycles. The van der Waals surface area contributed by atoms with Crippen LogP contribution in [0.3, 0.4) is 0 Å². The average molecular weight is 511 g/mol. The van der Waals surface area contributed by atoms with Gasteiger partial charge in [0.2, 0.25) is 5.91 Å². The second kappa shape index (κ2) is 11.5. The molecule has 0 spiro atoms. The third-order valence-corrected chi connectivity index (χ3v) is 5.69. The molecule has 1 aliphatic rings. The molecule has 1 aromatic heterocycles. The maximum Gasteiger partial charge on any atom is 0.276 e. The molecule has 0 bridgehead atoms. The molecule has 4 N–H and O–H groups in total. The van der Waals surface area contributed by atoms with Gasteiger partial charge in [-0.1, -0.05) is 23.7 Å². The van der Waals surface area contributed by atoms with Crippen LogP contribution in [0.4, 0.5) is 11.4 Å². The van der Waals surface area contributed by atoms with E-state index in [4.69, 9.17) is 16.3 Å². The first-order chi connectivity index (χ1) is 17.4. The van der Waals surface area contributed by atoms with Gasteiger partial charge in [-0.25, -0.2) is 4.98 Å². The largest absolute Gasteiger partial charge is 0.378 e. The molecule has 3 aromatic rings. The Bertz CT molecular complexity index is 1270. The lowest BCUT2D eigenvalue weighted by Crippen LogP contribution is -2.45. The highest BCUT2D eigenvalue weighted by Crippen LogP contribution is 2.19. The summed E-state index contributed by atoms with van der Waals surface area (Å²) in [6.07, 6.45) is 1.22. The standard InChI is InChI=1S/C24H23ClN6O5/c25-18-4-2-1-3-17(18)22(33)29-15-5-7-16(8-6-15)30-24(35)21-20(27-14-28-21)23(34)26-13-19(32)31-9-11-36-12-10-31/h1-8,14H,9-13H2,(H,26,34)(H,27,28)(H,29,33)(H,30,35). The van der Waals surface area contributed by atoms with E-state index in [1.165, 1.54) is 6.33 Å². The topological polar surface area (TPSA) is 146 Å². The number of aromatic amines is 1. The van der Waals surface area contributed by atoms with E-state index in [2.05, 4.69) is 25.9 Å². The number of halogens is 1. The van der Waals surface area contributed by atoms with Gasteiger partial charge in [-0.05, 0) is 36.4 Å². The molecule has 186 valence electrons. The smallest absolute Gasteiger partial charge is 0.276 e. The summed E-state index contributed by atoms with van der Waals surface area (Å²) in [5, 5.41) is 8.24. The normalized spacial score (nSPS) is 13.1. The fourth-order valence-electron chi connectivity index (χ4n) is 3.48. The Labute approximate surface area is 211 Å². The van der Waals surface area contributed by atoms with E-state index in [0.717, 1.165) is 0 Å². The molecule has 1 saturated heterocycles. The number of ether oxygens (including phenoxy) is 1. The summed E-state index contributed by atoms with van der Waals surface area (Å²) in [6.45, 7) is 1.64. The van der Waals surface area contributed by atoms with Crippen LogP contribution in [0.1, 0.15) is 31.3 Å². The molecule has 1 fully saturated rings. The predicted octanol–water partition coefficient (Wildman–Crippen LogP) is 2.16. The third kappa shape index (κ3) is 6.06. The van der Waals surface area contributed by atoms with E-state index in [0.29, 0.717) is 48.3 Å². The van der Waals surface area contributed by atoms with Crippen LogP contribution in [0, 0.1) is 0 Å². The molecule has 2 heterocycles. The third-order valence-electron chi connectivity index (χ3n) is 5.36. The molecule has 0 aliphatic carbocycles. The molecule has 12 heteroatoms. The summed E-state index contributed by atoms with van der Waals surface area (Å²) in [4.78, 5) is 58.1. The molecular weight excluding hydrogens is 488 g/mol. The number of amides is 4. The Hall–Kier alpha value is -4.22. The molecule has 0 unspecified atom stereocenters. The number of carbonyl (C=O) groups is 4. The SMILES string of the molecule is O=C(Nc1ccc(NC(=O)c2nc[nH]c2C(=O)NCC(=O)N2CCOCC2)cc1)c1ccccc1Cl. The first-order valence-electron chi connectivity index (χ1n) is 11.1. The van der Waals surface area contributed by atoms with Gasteiger partial charge in [0.05, 0.1) is 36.7 Å². The monoisotopic (exact) mass is 510 g/mol. The van der Waals surface area contributed by atoms with Crippen LogP contribution in [-0.4, -0.2) is 71.3 Å². The Morgan fingerprint density at radius 2 is 1.56 bits per heavy atom. The summed E-state index contributed by atoms with van der Waals surface area (Å²) < 4.78 is 5.21. The minimum absolute atomic E-state index is 0.0640. The van der Waals surface area contributed by atoms with Gasteiger partial charge in [0.15, 0.2) is 5.69 Å². The molecule has 4 rings (SSSR count). The lowest BCUT2D eigenvalue weighted by molar-refractivity contribution is -0.134. The van der Waals surface area contributed by atoms with Crippen molar-refractivity contribution in [1.29, 1.82) is 0 Å². The van der Waals surface area contributed by atoms with Crippen molar-refractivity contribution < 1.29 is 23.9 Å². The van der Waals surface area contributed by atoms with Crippen LogP contribution in [0.15, 0.2) is 54.9 Å². The maximum atomic E-state index is 12.7. The fraction of sp³-hybridized carbons (Fsp3) is 0.208. The number of nitrogens with one attached hydrogen (secondary N) is 4. The van der Waals surface area contributed by atoms with Gasteiger partial charge < -0.3 is 30.6 Å². The number of benzene rings is 2. The number of hydrogen-bond donors (Lipinski definition) is 4. The number of anilines is 2. The number of H-pyrrole nitrogens is 1. The van der Waals surface area contributed by atoms with E-state index in [9.17, 15) is 19.2 Å². The first-order valence-corrected chi connectivity index (χ1v) is 11.4. The minimum Gasteiger partial charge on any atom is -0.378 e. The molecule has 2 aromatic carbocycles. The molecule has 0 radical (unpaired) electrons. The van der Waals surface area contributed by atoms with Crippen LogP contribution in [0.5, 0.6) is 0 Å². The Morgan fingerprint density at radius 1 is 0.917 bits per heavy atom. The molecule has 4 amide bonds. The molecule has 0 saturated carbocycles. The van der Waals surface area contributed by atoms with Crippen molar-refractivity contribution in [3.63, 3.8) is 0 Å². The number of hydrogen-bond acceptors (Lipinski definition) is 6. The van der Waals surface area contributed by atoms with Gasteiger partial charge in [0.25, 0.3) is 17.7 Å². The van der Waals surface area contributed by atoms with Crippen molar-refractivity contribution in [3.8, 4) is 0 Å². The molecule has 11 nitrogen and oxygen atoms in total. The van der Waals surface area contributed by atoms with Crippen molar-refractivity contribution in [1.82, 2.24) is 20.2 Å². The minimum atomic E-state index is -0.628. The second-order valence-electron chi connectivity index (χ2n) is 7.77. The summed E-state index contributed by atoms with van der Waals surface area (Å²) in [6, 6.07) is 13.1. The Balaban J connectivity index is 1.33. The highest BCUT2D eigenvalue weighted by Gasteiger charge is 2.23. The van der Waals surface area contributed by atoms with Gasteiger partial charge in [-0.15, -0.1) is 0 Å². The van der Waals surface area contributed by atoms with Crippen LogP contribution in [0.25, 0.3) is 0 Å². The summed E-state index contributed by atoms with van der Waals surface area (Å²) in [7, 11) is 0. The van der Waals surface area contributed by atoms with Crippen molar-refractivity contribution in [3.05, 3.63) is 76.8 Å². The van der Waals surface area contributed by atoms with E-state index >= 15 is 0 Å². The van der Waals surface area contributed by atoms with E-state index in [1.54, 1.807) is 53.4 Å². The van der Waals surface area contributed by atoms with Crippen LogP contribution in [-0.2, 0) is 9.53 Å². The molecular formula is C24H23ClN6O5. The van der Waals surface area contributed by atoms with Crippen molar-refractivity contribution >= 4 is 46.6 Å². The van der Waals surface area contributed by atoms with Gasteiger partial charge in [0.1, 0.15) is 5.69 Å². The maximum absolute atomic E-state index is 12.7. The van der Waals surface area contributed by atoms with Crippen molar-refractivity contribution in [2.24, 2.45) is 0 Å². The summed E-state index contributed by atoms with van der Waals surface area (Å²) in [5.41, 5.74) is 1.08. The zero-order valence-corrected chi connectivity index (χ0v) is 19.8. The molecule has 36 heavy (non-hydrogen) atoms. The number of imidazole rings is 1. The lowest BCUT2D eigenvalue weighted by atomic mass is 10.2. The van der Waals surface area contributed by atoms with Crippen molar-refractivity contribution in [2.45, 2.75) is 0 Å². The number of morpholine rings is 1. The van der Waals surface area contributed by atoms with E-state index in [-0.39, 0.29) is 29.7 Å².